The van der Waals surface area contributed by atoms with Crippen molar-refractivity contribution in [2.24, 2.45) is 5.73 Å². The zero-order valence-electron chi connectivity index (χ0n) is 13.7. The molecule has 0 aliphatic carbocycles. The van der Waals surface area contributed by atoms with Crippen LogP contribution in [0.1, 0.15) is 31.4 Å². The number of benzene rings is 2. The molecule has 0 aliphatic heterocycles. The highest BCUT2D eigenvalue weighted by Gasteiger charge is 2.10. The molecule has 0 aliphatic rings. The Labute approximate surface area is 137 Å². The minimum Gasteiger partial charge on any atom is -0.490 e. The fraction of sp³-hybridized carbons (Fsp3) is 0.368. The minimum absolute atomic E-state index is 0.134. The van der Waals surface area contributed by atoms with Gasteiger partial charge in [0.2, 0.25) is 0 Å². The molecule has 124 valence electrons. The summed E-state index contributed by atoms with van der Waals surface area (Å²) >= 11 is 0. The van der Waals surface area contributed by atoms with Crippen LogP contribution in [0.25, 0.3) is 0 Å². The Morgan fingerprint density at radius 2 is 1.83 bits per heavy atom. The van der Waals surface area contributed by atoms with E-state index in [1.807, 2.05) is 25.1 Å². The number of ether oxygens (including phenoxy) is 2. The van der Waals surface area contributed by atoms with Crippen molar-refractivity contribution in [2.75, 3.05) is 6.61 Å². The summed E-state index contributed by atoms with van der Waals surface area (Å²) in [6.45, 7) is 4.70. The molecule has 2 aromatic carbocycles. The molecule has 2 N–H and O–H groups in total. The fourth-order valence-corrected chi connectivity index (χ4v) is 2.29. The van der Waals surface area contributed by atoms with Gasteiger partial charge in [-0.3, -0.25) is 0 Å². The molecular weight excluding hydrogens is 293 g/mol. The molecule has 1 unspecified atom stereocenters. The van der Waals surface area contributed by atoms with Crippen molar-refractivity contribution < 1.29 is 13.9 Å². The molecule has 0 bridgehead atoms. The fourth-order valence-electron chi connectivity index (χ4n) is 2.29. The molecule has 0 radical (unpaired) electrons. The standard InChI is InChI=1S/C19H24FNO2/c1-3-16(21)11-14-9-10-18(19(12-14)22-4-2)23-13-15-7-5-6-8-17(15)20/h5-10,12,16H,3-4,11,13,21H2,1-2H3. The molecule has 2 rings (SSSR count). The largest absolute Gasteiger partial charge is 0.490 e. The third-order valence-electron chi connectivity index (χ3n) is 3.67. The van der Waals surface area contributed by atoms with Crippen LogP contribution in [0.5, 0.6) is 11.5 Å². The van der Waals surface area contributed by atoms with Gasteiger partial charge in [0.15, 0.2) is 11.5 Å². The monoisotopic (exact) mass is 317 g/mol. The number of nitrogens with two attached hydrogens (primary N) is 1. The first-order valence-electron chi connectivity index (χ1n) is 8.01. The van der Waals surface area contributed by atoms with Gasteiger partial charge in [0.05, 0.1) is 6.61 Å². The second kappa shape index (κ2) is 8.53. The smallest absolute Gasteiger partial charge is 0.161 e. The van der Waals surface area contributed by atoms with Crippen molar-refractivity contribution in [2.45, 2.75) is 39.3 Å². The summed E-state index contributed by atoms with van der Waals surface area (Å²) < 4.78 is 25.1. The zero-order valence-corrected chi connectivity index (χ0v) is 13.7. The zero-order chi connectivity index (χ0) is 16.7. The third-order valence-corrected chi connectivity index (χ3v) is 3.67. The Balaban J connectivity index is 2.12. The van der Waals surface area contributed by atoms with Crippen molar-refractivity contribution >= 4 is 0 Å². The number of hydrogen-bond donors (Lipinski definition) is 1. The molecule has 23 heavy (non-hydrogen) atoms. The lowest BCUT2D eigenvalue weighted by atomic mass is 10.0. The van der Waals surface area contributed by atoms with Gasteiger partial charge in [-0.15, -0.1) is 0 Å². The van der Waals surface area contributed by atoms with Crippen LogP contribution < -0.4 is 15.2 Å². The first-order valence-corrected chi connectivity index (χ1v) is 8.01. The molecule has 0 amide bonds. The van der Waals surface area contributed by atoms with Crippen molar-refractivity contribution in [1.29, 1.82) is 0 Å². The van der Waals surface area contributed by atoms with E-state index in [1.165, 1.54) is 6.07 Å². The molecule has 1 atom stereocenters. The van der Waals surface area contributed by atoms with E-state index in [0.717, 1.165) is 18.4 Å². The molecule has 0 saturated heterocycles. The lowest BCUT2D eigenvalue weighted by Gasteiger charge is -2.15. The van der Waals surface area contributed by atoms with Crippen LogP contribution in [0.15, 0.2) is 42.5 Å². The molecule has 4 heteroatoms. The molecule has 0 fully saturated rings. The summed E-state index contributed by atoms with van der Waals surface area (Å²) in [6.07, 6.45) is 1.72. The van der Waals surface area contributed by atoms with E-state index < -0.39 is 0 Å². The Morgan fingerprint density at radius 1 is 1.04 bits per heavy atom. The SMILES string of the molecule is CCOc1cc(CC(N)CC)ccc1OCc1ccccc1F. The van der Waals surface area contributed by atoms with Crippen LogP contribution in [0, 0.1) is 5.82 Å². The maximum atomic E-state index is 13.7. The van der Waals surface area contributed by atoms with Crippen LogP contribution >= 0.6 is 0 Å². The summed E-state index contributed by atoms with van der Waals surface area (Å²) in [4.78, 5) is 0. The lowest BCUT2D eigenvalue weighted by molar-refractivity contribution is 0.265. The van der Waals surface area contributed by atoms with Gasteiger partial charge in [-0.1, -0.05) is 31.2 Å². The van der Waals surface area contributed by atoms with Gasteiger partial charge in [-0.25, -0.2) is 4.39 Å². The van der Waals surface area contributed by atoms with Gasteiger partial charge in [0, 0.05) is 11.6 Å². The summed E-state index contributed by atoms with van der Waals surface area (Å²) in [5, 5.41) is 0. The summed E-state index contributed by atoms with van der Waals surface area (Å²) in [5.74, 6) is 1.02. The molecule has 3 nitrogen and oxygen atoms in total. The number of hydrogen-bond acceptors (Lipinski definition) is 3. The summed E-state index contributed by atoms with van der Waals surface area (Å²) in [5.41, 5.74) is 7.64. The summed E-state index contributed by atoms with van der Waals surface area (Å²) in [7, 11) is 0. The van der Waals surface area contributed by atoms with Gasteiger partial charge in [0.25, 0.3) is 0 Å². The maximum Gasteiger partial charge on any atom is 0.161 e. The van der Waals surface area contributed by atoms with Crippen molar-refractivity contribution in [3.05, 3.63) is 59.4 Å². The Bertz CT molecular complexity index is 631. The highest BCUT2D eigenvalue weighted by Crippen LogP contribution is 2.30. The topological polar surface area (TPSA) is 44.5 Å². The van der Waals surface area contributed by atoms with E-state index in [9.17, 15) is 4.39 Å². The highest BCUT2D eigenvalue weighted by atomic mass is 19.1. The van der Waals surface area contributed by atoms with Crippen molar-refractivity contribution in [1.82, 2.24) is 0 Å². The van der Waals surface area contributed by atoms with Crippen LogP contribution in [-0.4, -0.2) is 12.6 Å². The van der Waals surface area contributed by atoms with Gasteiger partial charge in [-0.2, -0.15) is 0 Å². The minimum atomic E-state index is -0.268. The van der Waals surface area contributed by atoms with Gasteiger partial charge in [0.1, 0.15) is 12.4 Å². The molecule has 0 saturated carbocycles. The van der Waals surface area contributed by atoms with Crippen molar-refractivity contribution in [3.63, 3.8) is 0 Å². The summed E-state index contributed by atoms with van der Waals surface area (Å²) in [6, 6.07) is 12.5. The highest BCUT2D eigenvalue weighted by molar-refractivity contribution is 5.43. The Kier molecular flexibility index (Phi) is 6.41. The second-order valence-electron chi connectivity index (χ2n) is 5.47. The van der Waals surface area contributed by atoms with Crippen LogP contribution in [0.3, 0.4) is 0 Å². The van der Waals surface area contributed by atoms with E-state index in [0.29, 0.717) is 23.7 Å². The number of rotatable bonds is 8. The number of halogens is 1. The molecule has 0 heterocycles. The van der Waals surface area contributed by atoms with Crippen LogP contribution in [0.4, 0.5) is 4.39 Å². The van der Waals surface area contributed by atoms with Crippen LogP contribution in [0.2, 0.25) is 0 Å². The second-order valence-corrected chi connectivity index (χ2v) is 5.47. The van der Waals surface area contributed by atoms with Gasteiger partial charge in [-0.05, 0) is 43.5 Å². The lowest BCUT2D eigenvalue weighted by Crippen LogP contribution is -2.21. The molecule has 0 aromatic heterocycles. The van der Waals surface area contributed by atoms with Crippen LogP contribution in [-0.2, 0) is 13.0 Å². The Hall–Kier alpha value is -2.07. The average Bonchev–Trinajstić information content (AvgIpc) is 2.55. The first kappa shape index (κ1) is 17.3. The van der Waals surface area contributed by atoms with Gasteiger partial charge >= 0.3 is 0 Å². The van der Waals surface area contributed by atoms with E-state index in [4.69, 9.17) is 15.2 Å². The predicted molar refractivity (Wildman–Crippen MR) is 90.3 cm³/mol. The van der Waals surface area contributed by atoms with E-state index in [1.54, 1.807) is 18.2 Å². The van der Waals surface area contributed by atoms with Gasteiger partial charge < -0.3 is 15.2 Å². The molecule has 0 spiro atoms. The predicted octanol–water partition coefficient (Wildman–Crippen LogP) is 4.08. The van der Waals surface area contributed by atoms with E-state index in [-0.39, 0.29) is 18.5 Å². The van der Waals surface area contributed by atoms with E-state index >= 15 is 0 Å². The Morgan fingerprint density at radius 3 is 2.52 bits per heavy atom. The quantitative estimate of drug-likeness (QED) is 0.798. The normalized spacial score (nSPS) is 12.0. The first-order chi connectivity index (χ1) is 11.1. The molecule has 2 aromatic rings. The molecular formula is C19H24FNO2. The average molecular weight is 317 g/mol. The van der Waals surface area contributed by atoms with E-state index in [2.05, 4.69) is 6.92 Å². The third kappa shape index (κ3) is 4.96. The maximum absolute atomic E-state index is 13.7. The van der Waals surface area contributed by atoms with Crippen molar-refractivity contribution in [3.8, 4) is 11.5 Å².